The molecule has 0 bridgehead atoms. The summed E-state index contributed by atoms with van der Waals surface area (Å²) in [7, 11) is 0. The number of pyridine rings is 1. The molecule has 162 valence electrons. The molecule has 6 heteroatoms. The van der Waals surface area contributed by atoms with Gasteiger partial charge in [0.05, 0.1) is 5.69 Å². The Bertz CT molecular complexity index is 1310. The predicted molar refractivity (Wildman–Crippen MR) is 125 cm³/mol. The highest BCUT2D eigenvalue weighted by atomic mass is 16.5. The number of ether oxygens (including phenoxy) is 1. The van der Waals surface area contributed by atoms with Gasteiger partial charge in [-0.05, 0) is 66.4 Å². The molecule has 0 radical (unpaired) electrons. The molecule has 0 fully saturated rings. The summed E-state index contributed by atoms with van der Waals surface area (Å²) in [5, 5.41) is 2.89. The van der Waals surface area contributed by atoms with Crippen LogP contribution in [0.2, 0.25) is 0 Å². The lowest BCUT2D eigenvalue weighted by Crippen LogP contribution is -2.17. The van der Waals surface area contributed by atoms with Crippen LogP contribution < -0.4 is 15.6 Å². The van der Waals surface area contributed by atoms with Crippen LogP contribution in [-0.4, -0.2) is 15.3 Å². The fraction of sp³-hybridized carbons (Fsp3) is 0.192. The number of nitrogens with one attached hydrogen (secondary N) is 1. The average Bonchev–Trinajstić information content (AvgIpc) is 2.79. The molecule has 0 saturated heterocycles. The molecule has 1 amide bonds. The third-order valence-electron chi connectivity index (χ3n) is 5.28. The Labute approximate surface area is 186 Å². The molecule has 1 N–H and O–H groups in total. The van der Waals surface area contributed by atoms with Gasteiger partial charge >= 0.3 is 0 Å². The molecule has 0 unspecified atom stereocenters. The van der Waals surface area contributed by atoms with E-state index in [2.05, 4.69) is 24.1 Å². The van der Waals surface area contributed by atoms with Crippen molar-refractivity contribution in [2.24, 2.45) is 0 Å². The smallest absolute Gasteiger partial charge is 0.258 e. The molecule has 0 atom stereocenters. The van der Waals surface area contributed by atoms with Crippen molar-refractivity contribution in [3.05, 3.63) is 106 Å². The lowest BCUT2D eigenvalue weighted by atomic mass is 10.0. The van der Waals surface area contributed by atoms with Gasteiger partial charge in [0, 0.05) is 23.5 Å². The van der Waals surface area contributed by atoms with E-state index in [0.29, 0.717) is 34.3 Å². The highest BCUT2D eigenvalue weighted by molar-refractivity contribution is 6.04. The van der Waals surface area contributed by atoms with Gasteiger partial charge in [-0.25, -0.2) is 4.98 Å². The van der Waals surface area contributed by atoms with Gasteiger partial charge in [-0.15, -0.1) is 0 Å². The van der Waals surface area contributed by atoms with Crippen molar-refractivity contribution in [2.75, 3.05) is 5.32 Å². The molecule has 6 nitrogen and oxygen atoms in total. The molecule has 0 aliphatic rings. The number of benzene rings is 2. The van der Waals surface area contributed by atoms with E-state index in [4.69, 9.17) is 4.74 Å². The fourth-order valence-corrected chi connectivity index (χ4v) is 3.40. The third kappa shape index (κ3) is 4.70. The number of rotatable bonds is 6. The summed E-state index contributed by atoms with van der Waals surface area (Å²) < 4.78 is 7.31. The maximum Gasteiger partial charge on any atom is 0.258 e. The number of carbonyl (C=O) groups is 1. The standard InChI is InChI=1S/C26H25N3O3/c1-17(2)19-6-8-20(9-7-19)26(31)28-21-10-12-23(13-11-21)32-16-22-15-24(30)29-14-4-5-18(3)25(29)27-22/h4-15,17H,16H2,1-3H3,(H,28,31). The van der Waals surface area contributed by atoms with Crippen molar-refractivity contribution in [3.63, 3.8) is 0 Å². The Morgan fingerprint density at radius 3 is 2.47 bits per heavy atom. The van der Waals surface area contributed by atoms with Gasteiger partial charge in [0.15, 0.2) is 0 Å². The number of fused-ring (bicyclic) bond motifs is 1. The molecule has 4 aromatic rings. The van der Waals surface area contributed by atoms with Crippen molar-refractivity contribution in [1.29, 1.82) is 0 Å². The summed E-state index contributed by atoms with van der Waals surface area (Å²) in [5.41, 5.74) is 4.44. The Morgan fingerprint density at radius 1 is 1.06 bits per heavy atom. The lowest BCUT2D eigenvalue weighted by molar-refractivity contribution is 0.102. The zero-order valence-electron chi connectivity index (χ0n) is 18.3. The number of carbonyl (C=O) groups excluding carboxylic acids is 1. The summed E-state index contributed by atoms with van der Waals surface area (Å²) >= 11 is 0. The number of aryl methyl sites for hydroxylation is 1. The predicted octanol–water partition coefficient (Wildman–Crippen LogP) is 4.96. The normalized spacial score (nSPS) is 11.0. The molecular formula is C26H25N3O3. The number of aromatic nitrogens is 2. The van der Waals surface area contributed by atoms with E-state index >= 15 is 0 Å². The highest BCUT2D eigenvalue weighted by Gasteiger charge is 2.08. The number of amides is 1. The van der Waals surface area contributed by atoms with Crippen LogP contribution in [0.3, 0.4) is 0 Å². The van der Waals surface area contributed by atoms with Crippen molar-refractivity contribution < 1.29 is 9.53 Å². The lowest BCUT2D eigenvalue weighted by Gasteiger charge is -2.10. The average molecular weight is 428 g/mol. The highest BCUT2D eigenvalue weighted by Crippen LogP contribution is 2.19. The SMILES string of the molecule is Cc1cccn2c(=O)cc(COc3ccc(NC(=O)c4ccc(C(C)C)cc4)cc3)nc12. The van der Waals surface area contributed by atoms with E-state index in [-0.39, 0.29) is 18.1 Å². The van der Waals surface area contributed by atoms with E-state index in [9.17, 15) is 9.59 Å². The molecule has 4 rings (SSSR count). The first kappa shape index (κ1) is 21.3. The Hall–Kier alpha value is -3.93. The van der Waals surface area contributed by atoms with Crippen LogP contribution >= 0.6 is 0 Å². The number of nitrogens with zero attached hydrogens (tertiary/aromatic N) is 2. The Balaban J connectivity index is 1.40. The third-order valence-corrected chi connectivity index (χ3v) is 5.28. The second-order valence-electron chi connectivity index (χ2n) is 8.01. The minimum Gasteiger partial charge on any atom is -0.487 e. The second kappa shape index (κ2) is 9.06. The molecular weight excluding hydrogens is 402 g/mol. The van der Waals surface area contributed by atoms with Crippen molar-refractivity contribution >= 4 is 17.2 Å². The molecule has 32 heavy (non-hydrogen) atoms. The van der Waals surface area contributed by atoms with Crippen LogP contribution in [0.1, 0.15) is 46.9 Å². The largest absolute Gasteiger partial charge is 0.487 e. The Kier molecular flexibility index (Phi) is 6.03. The fourth-order valence-electron chi connectivity index (χ4n) is 3.40. The maximum absolute atomic E-state index is 12.5. The van der Waals surface area contributed by atoms with Crippen LogP contribution in [0.25, 0.3) is 5.65 Å². The van der Waals surface area contributed by atoms with E-state index in [1.807, 2.05) is 43.3 Å². The van der Waals surface area contributed by atoms with E-state index in [1.54, 1.807) is 30.5 Å². The second-order valence-corrected chi connectivity index (χ2v) is 8.01. The van der Waals surface area contributed by atoms with E-state index < -0.39 is 0 Å². The topological polar surface area (TPSA) is 72.7 Å². The zero-order chi connectivity index (χ0) is 22.7. The first-order valence-electron chi connectivity index (χ1n) is 10.5. The molecule has 0 spiro atoms. The van der Waals surface area contributed by atoms with Gasteiger partial charge < -0.3 is 10.1 Å². The van der Waals surface area contributed by atoms with Crippen LogP contribution in [0.4, 0.5) is 5.69 Å². The summed E-state index contributed by atoms with van der Waals surface area (Å²) in [5.74, 6) is 0.883. The Morgan fingerprint density at radius 2 is 1.78 bits per heavy atom. The van der Waals surface area contributed by atoms with Gasteiger partial charge in [-0.2, -0.15) is 0 Å². The minimum absolute atomic E-state index is 0.142. The van der Waals surface area contributed by atoms with Crippen LogP contribution in [0, 0.1) is 6.92 Å². The van der Waals surface area contributed by atoms with Gasteiger partial charge in [0.1, 0.15) is 18.0 Å². The summed E-state index contributed by atoms with van der Waals surface area (Å²) in [6, 6.07) is 20.0. The quantitative estimate of drug-likeness (QED) is 0.472. The molecule has 2 heterocycles. The summed E-state index contributed by atoms with van der Waals surface area (Å²) in [6.45, 7) is 6.33. The van der Waals surface area contributed by atoms with E-state index in [1.165, 1.54) is 16.0 Å². The molecule has 2 aromatic heterocycles. The molecule has 2 aromatic carbocycles. The molecule has 0 aliphatic heterocycles. The van der Waals surface area contributed by atoms with Crippen LogP contribution in [0.5, 0.6) is 5.75 Å². The molecule has 0 saturated carbocycles. The summed E-state index contributed by atoms with van der Waals surface area (Å²) in [4.78, 5) is 29.3. The first-order valence-corrected chi connectivity index (χ1v) is 10.5. The van der Waals surface area contributed by atoms with Crippen molar-refractivity contribution in [3.8, 4) is 5.75 Å². The van der Waals surface area contributed by atoms with Gasteiger partial charge in [0.2, 0.25) is 0 Å². The maximum atomic E-state index is 12.5. The number of hydrogen-bond acceptors (Lipinski definition) is 4. The van der Waals surface area contributed by atoms with Crippen LogP contribution in [0.15, 0.2) is 77.7 Å². The molecule has 0 aliphatic carbocycles. The van der Waals surface area contributed by atoms with Crippen molar-refractivity contribution in [2.45, 2.75) is 33.3 Å². The van der Waals surface area contributed by atoms with Crippen molar-refractivity contribution in [1.82, 2.24) is 9.38 Å². The van der Waals surface area contributed by atoms with Gasteiger partial charge in [-0.1, -0.05) is 32.0 Å². The number of anilines is 1. The van der Waals surface area contributed by atoms with E-state index in [0.717, 1.165) is 5.56 Å². The van der Waals surface area contributed by atoms with Crippen LogP contribution in [-0.2, 0) is 6.61 Å². The van der Waals surface area contributed by atoms with Gasteiger partial charge in [-0.3, -0.25) is 14.0 Å². The zero-order valence-corrected chi connectivity index (χ0v) is 18.3. The minimum atomic E-state index is -0.162. The number of hydrogen-bond donors (Lipinski definition) is 1. The summed E-state index contributed by atoms with van der Waals surface area (Å²) in [6.07, 6.45) is 1.70. The first-order chi connectivity index (χ1) is 15.4. The monoisotopic (exact) mass is 427 g/mol. The van der Waals surface area contributed by atoms with Gasteiger partial charge in [0.25, 0.3) is 11.5 Å².